The van der Waals surface area contributed by atoms with Crippen LogP contribution in [0, 0.1) is 6.92 Å². The van der Waals surface area contributed by atoms with Crippen molar-refractivity contribution in [3.05, 3.63) is 77.6 Å². The second-order valence-electron chi connectivity index (χ2n) is 5.86. The van der Waals surface area contributed by atoms with E-state index in [1.165, 1.54) is 0 Å². The van der Waals surface area contributed by atoms with Gasteiger partial charge < -0.3 is 10.6 Å². The molecule has 26 heavy (non-hydrogen) atoms. The second kappa shape index (κ2) is 6.98. The topological polar surface area (TPSA) is 62.7 Å². The van der Waals surface area contributed by atoms with Crippen molar-refractivity contribution in [1.29, 1.82) is 0 Å². The van der Waals surface area contributed by atoms with Crippen LogP contribution in [0.3, 0.4) is 0 Å². The molecular weight excluding hydrogens is 346 g/mol. The standard InChI is InChI=1S/C20H16ClN5/c1-13-7-8-15(21)12-17(13)24-18-9-11-23-20(26-18)25-16-6-2-4-14-5-3-10-22-19(14)16/h2-12H,1H3,(H2,23,24,25,26). The van der Waals surface area contributed by atoms with E-state index in [1.807, 2.05) is 61.5 Å². The number of aromatic nitrogens is 3. The Hall–Kier alpha value is -3.18. The molecule has 0 atom stereocenters. The number of rotatable bonds is 4. The van der Waals surface area contributed by atoms with Crippen LogP contribution in [0.25, 0.3) is 10.9 Å². The third-order valence-corrected chi connectivity index (χ3v) is 4.23. The fraction of sp³-hybridized carbons (Fsp3) is 0.0500. The summed E-state index contributed by atoms with van der Waals surface area (Å²) >= 11 is 6.09. The summed E-state index contributed by atoms with van der Waals surface area (Å²) in [5, 5.41) is 8.26. The molecule has 2 aromatic heterocycles. The van der Waals surface area contributed by atoms with Crippen LogP contribution < -0.4 is 10.6 Å². The van der Waals surface area contributed by atoms with Gasteiger partial charge in [-0.25, -0.2) is 4.98 Å². The SMILES string of the molecule is Cc1ccc(Cl)cc1Nc1ccnc(Nc2cccc3cccnc23)n1. The summed E-state index contributed by atoms with van der Waals surface area (Å²) in [7, 11) is 0. The van der Waals surface area contributed by atoms with E-state index >= 15 is 0 Å². The first-order chi connectivity index (χ1) is 12.7. The van der Waals surface area contributed by atoms with Crippen LogP contribution in [-0.4, -0.2) is 15.0 Å². The number of hydrogen-bond donors (Lipinski definition) is 2. The first kappa shape index (κ1) is 16.3. The second-order valence-corrected chi connectivity index (χ2v) is 6.29. The largest absolute Gasteiger partial charge is 0.340 e. The number of nitrogens with zero attached hydrogens (tertiary/aromatic N) is 3. The highest BCUT2D eigenvalue weighted by Crippen LogP contribution is 2.25. The number of nitrogens with one attached hydrogen (secondary N) is 2. The van der Waals surface area contributed by atoms with E-state index in [1.54, 1.807) is 12.4 Å². The van der Waals surface area contributed by atoms with Gasteiger partial charge in [0.25, 0.3) is 0 Å². The molecule has 4 rings (SSSR count). The Morgan fingerprint density at radius 3 is 2.65 bits per heavy atom. The van der Waals surface area contributed by atoms with Crippen LogP contribution in [-0.2, 0) is 0 Å². The van der Waals surface area contributed by atoms with Crippen LogP contribution in [0.15, 0.2) is 67.0 Å². The van der Waals surface area contributed by atoms with Crippen molar-refractivity contribution in [2.45, 2.75) is 6.92 Å². The van der Waals surface area contributed by atoms with E-state index in [9.17, 15) is 0 Å². The Bertz CT molecular complexity index is 1080. The molecule has 0 spiro atoms. The van der Waals surface area contributed by atoms with Crippen LogP contribution in [0.2, 0.25) is 5.02 Å². The highest BCUT2D eigenvalue weighted by atomic mass is 35.5. The number of pyridine rings is 1. The van der Waals surface area contributed by atoms with Crippen molar-refractivity contribution in [3.8, 4) is 0 Å². The lowest BCUT2D eigenvalue weighted by molar-refractivity contribution is 1.16. The lowest BCUT2D eigenvalue weighted by atomic mass is 10.2. The Morgan fingerprint density at radius 2 is 1.73 bits per heavy atom. The highest BCUT2D eigenvalue weighted by Gasteiger charge is 2.06. The molecule has 0 aliphatic heterocycles. The number of halogens is 1. The number of aryl methyl sites for hydroxylation is 1. The fourth-order valence-corrected chi connectivity index (χ4v) is 2.85. The third-order valence-electron chi connectivity index (χ3n) is 4.00. The minimum Gasteiger partial charge on any atom is -0.340 e. The van der Waals surface area contributed by atoms with Gasteiger partial charge in [0.1, 0.15) is 5.82 Å². The van der Waals surface area contributed by atoms with Crippen molar-refractivity contribution in [2.24, 2.45) is 0 Å². The number of benzene rings is 2. The molecule has 0 radical (unpaired) electrons. The van der Waals surface area contributed by atoms with E-state index in [2.05, 4.69) is 25.6 Å². The summed E-state index contributed by atoms with van der Waals surface area (Å²) < 4.78 is 0. The van der Waals surface area contributed by atoms with Gasteiger partial charge >= 0.3 is 0 Å². The van der Waals surface area contributed by atoms with Gasteiger partial charge in [-0.2, -0.15) is 4.98 Å². The van der Waals surface area contributed by atoms with Gasteiger partial charge in [-0.1, -0.05) is 35.9 Å². The molecule has 0 aliphatic rings. The molecular formula is C20H16ClN5. The van der Waals surface area contributed by atoms with Crippen molar-refractivity contribution in [2.75, 3.05) is 10.6 Å². The summed E-state index contributed by atoms with van der Waals surface area (Å²) in [5.74, 6) is 1.17. The monoisotopic (exact) mass is 361 g/mol. The molecule has 2 N–H and O–H groups in total. The zero-order valence-corrected chi connectivity index (χ0v) is 14.8. The van der Waals surface area contributed by atoms with Gasteiger partial charge in [-0.3, -0.25) is 4.98 Å². The van der Waals surface area contributed by atoms with E-state index in [-0.39, 0.29) is 0 Å². The summed E-state index contributed by atoms with van der Waals surface area (Å²) in [6.45, 7) is 2.01. The van der Waals surface area contributed by atoms with Crippen molar-refractivity contribution in [3.63, 3.8) is 0 Å². The van der Waals surface area contributed by atoms with Crippen LogP contribution >= 0.6 is 11.6 Å². The number of para-hydroxylation sites is 1. The molecule has 0 bridgehead atoms. The Morgan fingerprint density at radius 1 is 0.846 bits per heavy atom. The van der Waals surface area contributed by atoms with E-state index < -0.39 is 0 Å². The first-order valence-electron chi connectivity index (χ1n) is 8.16. The number of hydrogen-bond acceptors (Lipinski definition) is 5. The lowest BCUT2D eigenvalue weighted by Crippen LogP contribution is -2.01. The van der Waals surface area contributed by atoms with Crippen molar-refractivity contribution >= 4 is 45.6 Å². The molecule has 4 aromatic rings. The molecule has 128 valence electrons. The third kappa shape index (κ3) is 3.43. The zero-order chi connectivity index (χ0) is 17.9. The Kier molecular flexibility index (Phi) is 4.37. The van der Waals surface area contributed by atoms with Crippen molar-refractivity contribution in [1.82, 2.24) is 15.0 Å². The highest BCUT2D eigenvalue weighted by molar-refractivity contribution is 6.30. The number of anilines is 4. The zero-order valence-electron chi connectivity index (χ0n) is 14.1. The first-order valence-corrected chi connectivity index (χ1v) is 8.54. The maximum atomic E-state index is 6.09. The average Bonchev–Trinajstić information content (AvgIpc) is 2.65. The van der Waals surface area contributed by atoms with Gasteiger partial charge in [-0.15, -0.1) is 0 Å². The van der Waals surface area contributed by atoms with Gasteiger partial charge in [0, 0.05) is 28.5 Å². The molecule has 2 heterocycles. The quantitative estimate of drug-likeness (QED) is 0.504. The maximum Gasteiger partial charge on any atom is 0.229 e. The van der Waals surface area contributed by atoms with Crippen LogP contribution in [0.5, 0.6) is 0 Å². The maximum absolute atomic E-state index is 6.09. The average molecular weight is 362 g/mol. The molecule has 2 aromatic carbocycles. The molecule has 5 nitrogen and oxygen atoms in total. The predicted molar refractivity (Wildman–Crippen MR) is 107 cm³/mol. The summed E-state index contributed by atoms with van der Waals surface area (Å²) in [6.07, 6.45) is 3.48. The summed E-state index contributed by atoms with van der Waals surface area (Å²) in [5.41, 5.74) is 3.73. The number of fused-ring (bicyclic) bond motifs is 1. The lowest BCUT2D eigenvalue weighted by Gasteiger charge is -2.11. The van der Waals surface area contributed by atoms with E-state index in [0.29, 0.717) is 16.8 Å². The summed E-state index contributed by atoms with van der Waals surface area (Å²) in [6, 6.07) is 17.4. The van der Waals surface area contributed by atoms with Gasteiger partial charge in [0.15, 0.2) is 0 Å². The minimum atomic E-state index is 0.493. The fourth-order valence-electron chi connectivity index (χ4n) is 2.68. The van der Waals surface area contributed by atoms with Gasteiger partial charge in [-0.05, 0) is 42.8 Å². The molecule has 0 unspecified atom stereocenters. The molecule has 0 saturated heterocycles. The Balaban J connectivity index is 1.62. The van der Waals surface area contributed by atoms with Crippen molar-refractivity contribution < 1.29 is 0 Å². The molecule has 6 heteroatoms. The Labute approximate surface area is 156 Å². The van der Waals surface area contributed by atoms with Crippen LogP contribution in [0.4, 0.5) is 23.1 Å². The molecule has 0 aliphatic carbocycles. The van der Waals surface area contributed by atoms with Gasteiger partial charge in [0.05, 0.1) is 11.2 Å². The minimum absolute atomic E-state index is 0.493. The van der Waals surface area contributed by atoms with Gasteiger partial charge in [0.2, 0.25) is 5.95 Å². The van der Waals surface area contributed by atoms with Crippen LogP contribution in [0.1, 0.15) is 5.56 Å². The smallest absolute Gasteiger partial charge is 0.229 e. The molecule has 0 fully saturated rings. The molecule has 0 saturated carbocycles. The van der Waals surface area contributed by atoms with E-state index in [4.69, 9.17) is 11.6 Å². The summed E-state index contributed by atoms with van der Waals surface area (Å²) in [4.78, 5) is 13.3. The molecule has 0 amide bonds. The predicted octanol–water partition coefficient (Wildman–Crippen LogP) is 5.47. The van der Waals surface area contributed by atoms with E-state index in [0.717, 1.165) is 27.8 Å². The normalized spacial score (nSPS) is 10.7.